The highest BCUT2D eigenvalue weighted by molar-refractivity contribution is 6.42. The Bertz CT molecular complexity index is 826. The molecule has 112 valence electrons. The first-order valence-corrected chi connectivity index (χ1v) is 7.69. The van der Waals surface area contributed by atoms with Crippen molar-refractivity contribution in [3.63, 3.8) is 0 Å². The van der Waals surface area contributed by atoms with Crippen molar-refractivity contribution >= 4 is 45.7 Å². The largest absolute Gasteiger partial charge is 0.361 e. The van der Waals surface area contributed by atoms with Gasteiger partial charge in [-0.05, 0) is 42.3 Å². The summed E-state index contributed by atoms with van der Waals surface area (Å²) in [5.74, 6) is -0.0501. The molecule has 0 aliphatic carbocycles. The minimum atomic E-state index is -0.0501. The van der Waals surface area contributed by atoms with Crippen molar-refractivity contribution in [2.45, 2.75) is 12.8 Å². The Labute approximate surface area is 138 Å². The van der Waals surface area contributed by atoms with E-state index in [0.717, 1.165) is 22.2 Å². The molecule has 1 aromatic heterocycles. The molecule has 2 aromatic carbocycles. The maximum atomic E-state index is 12.1. The highest BCUT2D eigenvalue weighted by Gasteiger charge is 2.08. The summed E-state index contributed by atoms with van der Waals surface area (Å²) in [6.07, 6.45) is 2.78. The molecule has 2 N–H and O–H groups in total. The van der Waals surface area contributed by atoms with Crippen molar-refractivity contribution in [1.82, 2.24) is 4.98 Å². The van der Waals surface area contributed by atoms with Gasteiger partial charge in [-0.1, -0.05) is 35.3 Å². The van der Waals surface area contributed by atoms with Crippen molar-refractivity contribution in [2.75, 3.05) is 5.32 Å². The van der Waals surface area contributed by atoms with Gasteiger partial charge in [-0.2, -0.15) is 0 Å². The lowest BCUT2D eigenvalue weighted by Gasteiger charge is -2.07. The van der Waals surface area contributed by atoms with Crippen LogP contribution in [0.1, 0.15) is 12.0 Å². The highest BCUT2D eigenvalue weighted by atomic mass is 35.5. The molecule has 1 heterocycles. The van der Waals surface area contributed by atoms with E-state index in [0.29, 0.717) is 22.9 Å². The number of nitrogens with one attached hydrogen (secondary N) is 2. The van der Waals surface area contributed by atoms with Gasteiger partial charge in [0.25, 0.3) is 0 Å². The number of aromatic amines is 1. The van der Waals surface area contributed by atoms with Gasteiger partial charge in [-0.15, -0.1) is 0 Å². The van der Waals surface area contributed by atoms with Crippen LogP contribution in [-0.4, -0.2) is 10.9 Å². The fourth-order valence-electron chi connectivity index (χ4n) is 2.34. The molecule has 0 saturated carbocycles. The number of halogens is 2. The average molecular weight is 333 g/mol. The van der Waals surface area contributed by atoms with E-state index < -0.39 is 0 Å². The third-order valence-corrected chi connectivity index (χ3v) is 4.35. The molecule has 0 aliphatic rings. The van der Waals surface area contributed by atoms with Crippen LogP contribution in [-0.2, 0) is 11.2 Å². The van der Waals surface area contributed by atoms with Crippen molar-refractivity contribution in [3.8, 4) is 0 Å². The van der Waals surface area contributed by atoms with Crippen LogP contribution in [0.3, 0.4) is 0 Å². The second kappa shape index (κ2) is 6.42. The number of rotatable bonds is 4. The van der Waals surface area contributed by atoms with Gasteiger partial charge in [0.15, 0.2) is 0 Å². The molecule has 1 amide bonds. The molecule has 0 spiro atoms. The van der Waals surface area contributed by atoms with Crippen molar-refractivity contribution in [2.24, 2.45) is 0 Å². The first-order chi connectivity index (χ1) is 10.6. The Morgan fingerprint density at radius 3 is 2.86 bits per heavy atom. The van der Waals surface area contributed by atoms with Gasteiger partial charge in [-0.25, -0.2) is 0 Å². The number of aromatic nitrogens is 1. The van der Waals surface area contributed by atoms with E-state index in [1.807, 2.05) is 42.6 Å². The number of aryl methyl sites for hydroxylation is 1. The minimum absolute atomic E-state index is 0.0501. The molecule has 0 atom stereocenters. The summed E-state index contributed by atoms with van der Waals surface area (Å²) in [7, 11) is 0. The second-order valence-corrected chi connectivity index (χ2v) is 5.83. The molecule has 0 fully saturated rings. The Morgan fingerprint density at radius 1 is 1.14 bits per heavy atom. The third kappa shape index (κ3) is 3.26. The number of amides is 1. The SMILES string of the molecule is O=C(CCc1cccc(Cl)c1Cl)Nc1ccc2[nH]ccc2c1. The molecule has 0 saturated heterocycles. The summed E-state index contributed by atoms with van der Waals surface area (Å²) in [5, 5.41) is 5.00. The number of benzene rings is 2. The van der Waals surface area contributed by atoms with Gasteiger partial charge in [0, 0.05) is 29.2 Å². The van der Waals surface area contributed by atoms with Crippen LogP contribution in [0.5, 0.6) is 0 Å². The predicted octanol–water partition coefficient (Wildman–Crippen LogP) is 5.05. The van der Waals surface area contributed by atoms with Crippen LogP contribution in [0.15, 0.2) is 48.7 Å². The zero-order valence-corrected chi connectivity index (χ0v) is 13.2. The van der Waals surface area contributed by atoms with Crippen LogP contribution in [0.25, 0.3) is 10.9 Å². The number of hydrogen-bond donors (Lipinski definition) is 2. The number of fused-ring (bicyclic) bond motifs is 1. The Morgan fingerprint density at radius 2 is 2.00 bits per heavy atom. The minimum Gasteiger partial charge on any atom is -0.361 e. The first-order valence-electron chi connectivity index (χ1n) is 6.93. The zero-order chi connectivity index (χ0) is 15.5. The van der Waals surface area contributed by atoms with Crippen LogP contribution in [0.4, 0.5) is 5.69 Å². The summed E-state index contributed by atoms with van der Waals surface area (Å²) in [6, 6.07) is 13.2. The summed E-state index contributed by atoms with van der Waals surface area (Å²) in [5.41, 5.74) is 2.71. The van der Waals surface area contributed by atoms with Gasteiger partial charge >= 0.3 is 0 Å². The summed E-state index contributed by atoms with van der Waals surface area (Å²) in [6.45, 7) is 0. The monoisotopic (exact) mass is 332 g/mol. The maximum absolute atomic E-state index is 12.1. The Kier molecular flexibility index (Phi) is 4.36. The van der Waals surface area contributed by atoms with Crippen molar-refractivity contribution in [1.29, 1.82) is 0 Å². The van der Waals surface area contributed by atoms with E-state index in [2.05, 4.69) is 10.3 Å². The number of carbonyl (C=O) groups is 1. The van der Waals surface area contributed by atoms with E-state index in [-0.39, 0.29) is 5.91 Å². The van der Waals surface area contributed by atoms with Gasteiger partial charge in [0.1, 0.15) is 0 Å². The van der Waals surface area contributed by atoms with Gasteiger partial charge in [0.05, 0.1) is 10.0 Å². The molecule has 3 nitrogen and oxygen atoms in total. The summed E-state index contributed by atoms with van der Waals surface area (Å²) >= 11 is 12.1. The fourth-order valence-corrected chi connectivity index (χ4v) is 2.76. The lowest BCUT2D eigenvalue weighted by molar-refractivity contribution is -0.116. The predicted molar refractivity (Wildman–Crippen MR) is 91.7 cm³/mol. The topological polar surface area (TPSA) is 44.9 Å². The quantitative estimate of drug-likeness (QED) is 0.690. The van der Waals surface area contributed by atoms with E-state index >= 15 is 0 Å². The standard InChI is InChI=1S/C17H14Cl2N2O/c18-14-3-1-2-11(17(14)19)4-7-16(22)21-13-5-6-15-12(10-13)8-9-20-15/h1-3,5-6,8-10,20H,4,7H2,(H,21,22). The van der Waals surface area contributed by atoms with E-state index in [4.69, 9.17) is 23.2 Å². The normalized spacial score (nSPS) is 10.8. The zero-order valence-electron chi connectivity index (χ0n) is 11.7. The van der Waals surface area contributed by atoms with Crippen molar-refractivity contribution in [3.05, 3.63) is 64.3 Å². The van der Waals surface area contributed by atoms with E-state index in [1.54, 1.807) is 6.07 Å². The van der Waals surface area contributed by atoms with E-state index in [9.17, 15) is 4.79 Å². The molecule has 0 bridgehead atoms. The van der Waals surface area contributed by atoms with Crippen LogP contribution in [0.2, 0.25) is 10.0 Å². The summed E-state index contributed by atoms with van der Waals surface area (Å²) in [4.78, 5) is 15.2. The Balaban J connectivity index is 1.63. The lowest BCUT2D eigenvalue weighted by atomic mass is 10.1. The molecule has 5 heteroatoms. The fraction of sp³-hybridized carbons (Fsp3) is 0.118. The maximum Gasteiger partial charge on any atom is 0.224 e. The first kappa shape index (κ1) is 14.9. The second-order valence-electron chi connectivity index (χ2n) is 5.04. The molecule has 0 radical (unpaired) electrons. The molecule has 3 aromatic rings. The average Bonchev–Trinajstić information content (AvgIpc) is 2.96. The Hall–Kier alpha value is -1.97. The molecule has 0 unspecified atom stereocenters. The van der Waals surface area contributed by atoms with Crippen molar-refractivity contribution < 1.29 is 4.79 Å². The summed E-state index contributed by atoms with van der Waals surface area (Å²) < 4.78 is 0. The molecule has 22 heavy (non-hydrogen) atoms. The van der Waals surface area contributed by atoms with Crippen LogP contribution >= 0.6 is 23.2 Å². The van der Waals surface area contributed by atoms with E-state index in [1.165, 1.54) is 0 Å². The van der Waals surface area contributed by atoms with Crippen LogP contribution in [0, 0.1) is 0 Å². The molecular weight excluding hydrogens is 319 g/mol. The van der Waals surface area contributed by atoms with Gasteiger partial charge in [-0.3, -0.25) is 4.79 Å². The molecule has 0 aliphatic heterocycles. The lowest BCUT2D eigenvalue weighted by Crippen LogP contribution is -2.12. The number of anilines is 1. The highest BCUT2D eigenvalue weighted by Crippen LogP contribution is 2.26. The number of hydrogen-bond acceptors (Lipinski definition) is 1. The molecular formula is C17H14Cl2N2O. The number of H-pyrrole nitrogens is 1. The smallest absolute Gasteiger partial charge is 0.224 e. The number of carbonyl (C=O) groups excluding carboxylic acids is 1. The van der Waals surface area contributed by atoms with Gasteiger partial charge in [0.2, 0.25) is 5.91 Å². The van der Waals surface area contributed by atoms with Crippen LogP contribution < -0.4 is 5.32 Å². The third-order valence-electron chi connectivity index (χ3n) is 3.49. The molecule has 3 rings (SSSR count). The van der Waals surface area contributed by atoms with Gasteiger partial charge < -0.3 is 10.3 Å².